The molecular formula is C21H24O4. The summed E-state index contributed by atoms with van der Waals surface area (Å²) in [5, 5.41) is 0. The molecular weight excluding hydrogens is 316 g/mol. The van der Waals surface area contributed by atoms with Crippen LogP contribution in [0.4, 0.5) is 0 Å². The average molecular weight is 340 g/mol. The van der Waals surface area contributed by atoms with E-state index in [1.807, 2.05) is 62.4 Å². The van der Waals surface area contributed by atoms with Crippen molar-refractivity contribution in [3.05, 3.63) is 71.8 Å². The number of benzene rings is 2. The van der Waals surface area contributed by atoms with Gasteiger partial charge in [0.25, 0.3) is 6.47 Å². The maximum Gasteiger partial charge on any atom is 0.356 e. The highest BCUT2D eigenvalue weighted by molar-refractivity contribution is 5.84. The van der Waals surface area contributed by atoms with Crippen LogP contribution >= 0.6 is 0 Å². The van der Waals surface area contributed by atoms with Crippen LogP contribution in [0.15, 0.2) is 60.7 Å². The first-order valence-corrected chi connectivity index (χ1v) is 8.59. The van der Waals surface area contributed by atoms with Gasteiger partial charge < -0.3 is 9.47 Å². The minimum Gasteiger partial charge on any atom is -0.462 e. The average Bonchev–Trinajstić information content (AvgIpc) is 2.67. The summed E-state index contributed by atoms with van der Waals surface area (Å²) in [6.45, 7) is 4.51. The molecule has 25 heavy (non-hydrogen) atoms. The van der Waals surface area contributed by atoms with Crippen LogP contribution in [0.25, 0.3) is 0 Å². The van der Waals surface area contributed by atoms with Crippen molar-refractivity contribution in [2.45, 2.75) is 38.2 Å². The zero-order valence-electron chi connectivity index (χ0n) is 14.7. The topological polar surface area (TPSA) is 52.6 Å². The molecule has 0 fully saturated rings. The lowest BCUT2D eigenvalue weighted by atomic mass is 9.75. The van der Waals surface area contributed by atoms with Crippen LogP contribution in [0.1, 0.15) is 43.7 Å². The third-order valence-corrected chi connectivity index (χ3v) is 4.28. The molecule has 132 valence electrons. The molecule has 0 saturated heterocycles. The summed E-state index contributed by atoms with van der Waals surface area (Å²) >= 11 is 0. The Labute approximate surface area is 148 Å². The zero-order valence-corrected chi connectivity index (χ0v) is 14.7. The van der Waals surface area contributed by atoms with E-state index in [9.17, 15) is 9.59 Å². The minimum atomic E-state index is -1.51. The number of carbonyl (C=O) groups is 2. The van der Waals surface area contributed by atoms with Crippen LogP contribution < -0.4 is 0 Å². The van der Waals surface area contributed by atoms with Gasteiger partial charge in [0.2, 0.25) is 5.60 Å². The smallest absolute Gasteiger partial charge is 0.356 e. The third kappa shape index (κ3) is 3.90. The predicted molar refractivity (Wildman–Crippen MR) is 96.0 cm³/mol. The lowest BCUT2D eigenvalue weighted by Crippen LogP contribution is -2.45. The fraction of sp³-hybridized carbons (Fsp3) is 0.333. The van der Waals surface area contributed by atoms with Gasteiger partial charge in [-0.25, -0.2) is 4.79 Å². The molecule has 0 aliphatic carbocycles. The van der Waals surface area contributed by atoms with E-state index in [0.717, 1.165) is 5.56 Å². The van der Waals surface area contributed by atoms with E-state index in [4.69, 9.17) is 9.47 Å². The lowest BCUT2D eigenvalue weighted by Gasteiger charge is -2.37. The van der Waals surface area contributed by atoms with E-state index in [0.29, 0.717) is 24.9 Å². The molecule has 4 heteroatoms. The molecule has 2 unspecified atom stereocenters. The van der Waals surface area contributed by atoms with E-state index >= 15 is 0 Å². The van der Waals surface area contributed by atoms with Crippen molar-refractivity contribution in [3.8, 4) is 0 Å². The second kappa shape index (κ2) is 9.02. The Bertz CT molecular complexity index is 669. The van der Waals surface area contributed by atoms with Crippen molar-refractivity contribution in [2.75, 3.05) is 6.61 Å². The third-order valence-electron chi connectivity index (χ3n) is 4.28. The van der Waals surface area contributed by atoms with Crippen molar-refractivity contribution in [3.63, 3.8) is 0 Å². The standard InChI is InChI=1S/C21H24O4/c1-3-15-24-20(23)21(25-16-22,18-13-9-6-10-14-18)19(4-2)17-11-7-5-8-12-17/h5-14,16,19H,3-4,15H2,1-2H3. The Kier molecular flexibility index (Phi) is 6.75. The van der Waals surface area contributed by atoms with Gasteiger partial charge in [0.1, 0.15) is 0 Å². The predicted octanol–water partition coefficient (Wildman–Crippen LogP) is 4.20. The van der Waals surface area contributed by atoms with Crippen LogP contribution in [-0.4, -0.2) is 19.0 Å². The van der Waals surface area contributed by atoms with E-state index < -0.39 is 11.6 Å². The van der Waals surface area contributed by atoms with Crippen LogP contribution in [0.2, 0.25) is 0 Å². The number of rotatable bonds is 9. The fourth-order valence-corrected chi connectivity index (χ4v) is 3.17. The van der Waals surface area contributed by atoms with Crippen LogP contribution in [-0.2, 0) is 24.7 Å². The molecule has 0 radical (unpaired) electrons. The molecule has 2 aromatic carbocycles. The Morgan fingerprint density at radius 3 is 2.16 bits per heavy atom. The van der Waals surface area contributed by atoms with Gasteiger partial charge in [0.05, 0.1) is 6.61 Å². The Morgan fingerprint density at radius 2 is 1.64 bits per heavy atom. The fourth-order valence-electron chi connectivity index (χ4n) is 3.17. The molecule has 0 amide bonds. The van der Waals surface area contributed by atoms with Crippen LogP contribution in [0, 0.1) is 0 Å². The van der Waals surface area contributed by atoms with Crippen LogP contribution in [0.3, 0.4) is 0 Å². The molecule has 0 saturated carbocycles. The van der Waals surface area contributed by atoms with Crippen molar-refractivity contribution in [1.29, 1.82) is 0 Å². The maximum absolute atomic E-state index is 13.1. The maximum atomic E-state index is 13.1. The first-order valence-electron chi connectivity index (χ1n) is 8.59. The molecule has 0 aromatic heterocycles. The monoisotopic (exact) mass is 340 g/mol. The number of esters is 1. The van der Waals surface area contributed by atoms with Gasteiger partial charge in [0, 0.05) is 11.5 Å². The number of hydrogen-bond acceptors (Lipinski definition) is 4. The largest absolute Gasteiger partial charge is 0.462 e. The van der Waals surface area contributed by atoms with Gasteiger partial charge in [-0.15, -0.1) is 0 Å². The van der Waals surface area contributed by atoms with Gasteiger partial charge in [0.15, 0.2) is 0 Å². The lowest BCUT2D eigenvalue weighted by molar-refractivity contribution is -0.181. The second-order valence-electron chi connectivity index (χ2n) is 5.82. The Morgan fingerprint density at radius 1 is 1.04 bits per heavy atom. The molecule has 2 aromatic rings. The first-order chi connectivity index (χ1) is 12.2. The van der Waals surface area contributed by atoms with Crippen molar-refractivity contribution in [1.82, 2.24) is 0 Å². The number of carbonyl (C=O) groups excluding carboxylic acids is 2. The summed E-state index contributed by atoms with van der Waals surface area (Å²) in [5.41, 5.74) is 0.0249. The summed E-state index contributed by atoms with van der Waals surface area (Å²) in [7, 11) is 0. The molecule has 0 N–H and O–H groups in total. The quantitative estimate of drug-likeness (QED) is 0.507. The van der Waals surface area contributed by atoms with Crippen LogP contribution in [0.5, 0.6) is 0 Å². The summed E-state index contributed by atoms with van der Waals surface area (Å²) < 4.78 is 11.0. The molecule has 0 aliphatic heterocycles. The SMILES string of the molecule is CCCOC(=O)C(OC=O)(c1ccccc1)C(CC)c1ccccc1. The number of ether oxygens (including phenoxy) is 2. The van der Waals surface area contributed by atoms with Gasteiger partial charge in [-0.1, -0.05) is 74.5 Å². The molecule has 0 spiro atoms. The van der Waals surface area contributed by atoms with E-state index in [1.165, 1.54) is 0 Å². The first kappa shape index (κ1) is 18.7. The molecule has 2 atom stereocenters. The van der Waals surface area contributed by atoms with E-state index in [1.54, 1.807) is 12.1 Å². The van der Waals surface area contributed by atoms with Gasteiger partial charge >= 0.3 is 5.97 Å². The Hall–Kier alpha value is -2.62. The van der Waals surface area contributed by atoms with Crippen molar-refractivity contribution >= 4 is 12.4 Å². The van der Waals surface area contributed by atoms with Crippen molar-refractivity contribution in [2.24, 2.45) is 0 Å². The normalized spacial score (nSPS) is 14.2. The summed E-state index contributed by atoms with van der Waals surface area (Å²) in [6, 6.07) is 18.7. The van der Waals surface area contributed by atoms with Crippen molar-refractivity contribution < 1.29 is 19.1 Å². The number of hydrogen-bond donors (Lipinski definition) is 0. The summed E-state index contributed by atoms with van der Waals surface area (Å²) in [5.74, 6) is -0.894. The zero-order chi connectivity index (χ0) is 18.1. The highest BCUT2D eigenvalue weighted by Gasteiger charge is 2.51. The molecule has 0 bridgehead atoms. The summed E-state index contributed by atoms with van der Waals surface area (Å²) in [6.07, 6.45) is 1.30. The highest BCUT2D eigenvalue weighted by Crippen LogP contribution is 2.43. The summed E-state index contributed by atoms with van der Waals surface area (Å²) in [4.78, 5) is 24.5. The van der Waals surface area contributed by atoms with Gasteiger partial charge in [-0.05, 0) is 18.4 Å². The molecule has 2 rings (SSSR count). The van der Waals surface area contributed by atoms with E-state index in [2.05, 4.69) is 0 Å². The van der Waals surface area contributed by atoms with E-state index in [-0.39, 0.29) is 12.5 Å². The molecule has 0 aliphatic rings. The molecule has 4 nitrogen and oxygen atoms in total. The minimum absolute atomic E-state index is 0.279. The van der Waals surface area contributed by atoms with Gasteiger partial charge in [-0.3, -0.25) is 4.79 Å². The Balaban J connectivity index is 2.63. The second-order valence-corrected chi connectivity index (χ2v) is 5.82. The van der Waals surface area contributed by atoms with Gasteiger partial charge in [-0.2, -0.15) is 0 Å². The highest BCUT2D eigenvalue weighted by atomic mass is 16.6. The molecule has 0 heterocycles.